The number of aliphatic hydroxyl groups is 1. The first-order chi connectivity index (χ1) is 19.0. The number of hydrogen-bond donors (Lipinski definition) is 3. The molecule has 40 heavy (non-hydrogen) atoms. The number of hydrogen-bond acceptors (Lipinski definition) is 5. The second-order valence-corrected chi connectivity index (χ2v) is 12.2. The number of amides is 3. The predicted molar refractivity (Wildman–Crippen MR) is 159 cm³/mol. The van der Waals surface area contributed by atoms with Crippen molar-refractivity contribution in [3.8, 4) is 0 Å². The van der Waals surface area contributed by atoms with Crippen molar-refractivity contribution in [2.75, 3.05) is 13.2 Å². The summed E-state index contributed by atoms with van der Waals surface area (Å²) in [5.74, 6) is -0.708. The largest absolute Gasteiger partial charge is 0.444 e. The zero-order chi connectivity index (χ0) is 29.7. The summed E-state index contributed by atoms with van der Waals surface area (Å²) in [5.41, 5.74) is 1.99. The van der Waals surface area contributed by atoms with Gasteiger partial charge in [-0.2, -0.15) is 0 Å². The van der Waals surface area contributed by atoms with E-state index in [-0.39, 0.29) is 11.9 Å². The summed E-state index contributed by atoms with van der Waals surface area (Å²) >= 11 is 0. The van der Waals surface area contributed by atoms with Gasteiger partial charge < -0.3 is 25.4 Å². The van der Waals surface area contributed by atoms with Crippen LogP contribution in [0.15, 0.2) is 18.2 Å². The van der Waals surface area contributed by atoms with Crippen molar-refractivity contribution in [2.24, 2.45) is 0 Å². The van der Waals surface area contributed by atoms with Gasteiger partial charge in [0.25, 0.3) is 0 Å². The summed E-state index contributed by atoms with van der Waals surface area (Å²) < 4.78 is 5.35. The second kappa shape index (κ2) is 16.6. The lowest BCUT2D eigenvalue weighted by atomic mass is 9.92. The SMILES string of the molecule is CCCCCCCCN(C(=O)C(CO)NC(=O)OC(C)(C)C)C(C(=O)NC1CCCCC1)c1cccc(C)c1C. The summed E-state index contributed by atoms with van der Waals surface area (Å²) in [6.07, 6.45) is 10.5. The molecule has 1 fully saturated rings. The molecule has 1 aromatic carbocycles. The van der Waals surface area contributed by atoms with E-state index in [0.29, 0.717) is 6.54 Å². The highest BCUT2D eigenvalue weighted by Gasteiger charge is 2.37. The lowest BCUT2D eigenvalue weighted by molar-refractivity contribution is -0.143. The highest BCUT2D eigenvalue weighted by molar-refractivity contribution is 5.92. The summed E-state index contributed by atoms with van der Waals surface area (Å²) in [7, 11) is 0. The number of benzene rings is 1. The Morgan fingerprint density at radius 3 is 2.30 bits per heavy atom. The lowest BCUT2D eigenvalue weighted by Gasteiger charge is -2.36. The number of ether oxygens (including phenoxy) is 1. The van der Waals surface area contributed by atoms with Gasteiger partial charge >= 0.3 is 6.09 Å². The predicted octanol–water partition coefficient (Wildman–Crippen LogP) is 5.87. The Bertz CT molecular complexity index is 952. The van der Waals surface area contributed by atoms with E-state index in [1.54, 1.807) is 25.7 Å². The standard InChI is InChI=1S/C32H53N3O5/c1-7-8-9-10-11-15-21-35(30(38)27(22-36)34-31(39)40-32(4,5)6)28(26-20-16-17-23(2)24(26)3)29(37)33-25-18-13-12-14-19-25/h16-17,20,25,27-28,36H,7-15,18-19,21-22H2,1-6H3,(H,33,37)(H,34,39). The second-order valence-electron chi connectivity index (χ2n) is 12.2. The maximum absolute atomic E-state index is 14.1. The molecular weight excluding hydrogens is 506 g/mol. The normalized spacial score (nSPS) is 15.7. The average Bonchev–Trinajstić information content (AvgIpc) is 2.89. The fourth-order valence-electron chi connectivity index (χ4n) is 5.31. The number of carbonyl (C=O) groups excluding carboxylic acids is 3. The van der Waals surface area contributed by atoms with Crippen LogP contribution >= 0.6 is 0 Å². The fraction of sp³-hybridized carbons (Fsp3) is 0.719. The van der Waals surface area contributed by atoms with Crippen molar-refractivity contribution >= 4 is 17.9 Å². The average molecular weight is 560 g/mol. The highest BCUT2D eigenvalue weighted by atomic mass is 16.6. The van der Waals surface area contributed by atoms with Gasteiger partial charge in [0.2, 0.25) is 11.8 Å². The molecule has 1 aliphatic rings. The number of nitrogens with zero attached hydrogens (tertiary/aromatic N) is 1. The molecule has 0 aromatic heterocycles. The van der Waals surface area contributed by atoms with Gasteiger partial charge in [-0.3, -0.25) is 9.59 Å². The van der Waals surface area contributed by atoms with Gasteiger partial charge in [-0.05, 0) is 70.6 Å². The van der Waals surface area contributed by atoms with Crippen LogP contribution in [0, 0.1) is 13.8 Å². The van der Waals surface area contributed by atoms with Gasteiger partial charge in [0.15, 0.2) is 0 Å². The third-order valence-corrected chi connectivity index (χ3v) is 7.66. The van der Waals surface area contributed by atoms with Crippen LogP contribution < -0.4 is 10.6 Å². The monoisotopic (exact) mass is 559 g/mol. The van der Waals surface area contributed by atoms with Crippen LogP contribution in [-0.2, 0) is 14.3 Å². The van der Waals surface area contributed by atoms with E-state index in [4.69, 9.17) is 4.74 Å². The van der Waals surface area contributed by atoms with Gasteiger partial charge in [-0.1, -0.05) is 76.5 Å². The van der Waals surface area contributed by atoms with Crippen molar-refractivity contribution in [1.29, 1.82) is 0 Å². The Hall–Kier alpha value is -2.61. The van der Waals surface area contributed by atoms with Crippen LogP contribution in [0.3, 0.4) is 0 Å². The number of unbranched alkanes of at least 4 members (excludes halogenated alkanes) is 5. The fourth-order valence-corrected chi connectivity index (χ4v) is 5.31. The Labute approximate surface area is 241 Å². The maximum Gasteiger partial charge on any atom is 0.408 e. The molecule has 3 amide bonds. The first kappa shape index (κ1) is 33.6. The molecule has 0 heterocycles. The Morgan fingerprint density at radius 2 is 1.68 bits per heavy atom. The quantitative estimate of drug-likeness (QED) is 0.247. The van der Waals surface area contributed by atoms with Crippen molar-refractivity contribution in [3.05, 3.63) is 34.9 Å². The van der Waals surface area contributed by atoms with Crippen molar-refractivity contribution in [3.63, 3.8) is 0 Å². The number of nitrogens with one attached hydrogen (secondary N) is 2. The zero-order valence-corrected chi connectivity index (χ0v) is 25.7. The molecular formula is C32H53N3O5. The number of alkyl carbamates (subject to hydrolysis) is 1. The molecule has 1 aliphatic carbocycles. The summed E-state index contributed by atoms with van der Waals surface area (Å²) in [4.78, 5) is 42.2. The molecule has 0 radical (unpaired) electrons. The van der Waals surface area contributed by atoms with Gasteiger partial charge in [0, 0.05) is 12.6 Å². The van der Waals surface area contributed by atoms with Crippen LogP contribution in [0.25, 0.3) is 0 Å². The van der Waals surface area contributed by atoms with E-state index < -0.39 is 36.3 Å². The Balaban J connectivity index is 2.42. The minimum absolute atomic E-state index is 0.0772. The minimum atomic E-state index is -1.23. The van der Waals surface area contributed by atoms with E-state index in [2.05, 4.69) is 17.6 Å². The zero-order valence-electron chi connectivity index (χ0n) is 25.7. The summed E-state index contributed by atoms with van der Waals surface area (Å²) in [6.45, 7) is 11.1. The molecule has 2 unspecified atom stereocenters. The van der Waals surface area contributed by atoms with Gasteiger partial charge in [0.1, 0.15) is 17.7 Å². The smallest absolute Gasteiger partial charge is 0.408 e. The van der Waals surface area contributed by atoms with Crippen LogP contribution in [0.1, 0.15) is 121 Å². The van der Waals surface area contributed by atoms with Crippen molar-refractivity contribution in [1.82, 2.24) is 15.5 Å². The molecule has 0 spiro atoms. The molecule has 0 aliphatic heterocycles. The Morgan fingerprint density at radius 1 is 1.02 bits per heavy atom. The van der Waals surface area contributed by atoms with E-state index in [0.717, 1.165) is 74.5 Å². The van der Waals surface area contributed by atoms with Crippen molar-refractivity contribution < 1.29 is 24.2 Å². The topological polar surface area (TPSA) is 108 Å². The third-order valence-electron chi connectivity index (χ3n) is 7.66. The Kier molecular flexibility index (Phi) is 13.9. The molecule has 2 atom stereocenters. The number of aryl methyl sites for hydroxylation is 1. The molecule has 1 aromatic rings. The van der Waals surface area contributed by atoms with E-state index in [1.807, 2.05) is 32.0 Å². The third kappa shape index (κ3) is 10.8. The van der Waals surface area contributed by atoms with E-state index in [9.17, 15) is 19.5 Å². The maximum atomic E-state index is 14.1. The van der Waals surface area contributed by atoms with Crippen molar-refractivity contribution in [2.45, 2.75) is 136 Å². The number of carbonyl (C=O) groups is 3. The van der Waals surface area contributed by atoms with Gasteiger partial charge in [-0.25, -0.2) is 4.79 Å². The first-order valence-electron chi connectivity index (χ1n) is 15.3. The lowest BCUT2D eigenvalue weighted by Crippen LogP contribution is -2.55. The molecule has 226 valence electrons. The summed E-state index contributed by atoms with van der Waals surface area (Å²) in [5, 5.41) is 16.0. The highest BCUT2D eigenvalue weighted by Crippen LogP contribution is 2.29. The number of aliphatic hydroxyl groups excluding tert-OH is 1. The molecule has 3 N–H and O–H groups in total. The molecule has 0 saturated heterocycles. The first-order valence-corrected chi connectivity index (χ1v) is 15.3. The molecule has 1 saturated carbocycles. The van der Waals surface area contributed by atoms with Gasteiger partial charge in [0.05, 0.1) is 6.61 Å². The van der Waals surface area contributed by atoms with Crippen LogP contribution in [0.4, 0.5) is 4.79 Å². The molecule has 8 nitrogen and oxygen atoms in total. The van der Waals surface area contributed by atoms with E-state index >= 15 is 0 Å². The van der Waals surface area contributed by atoms with Gasteiger partial charge in [-0.15, -0.1) is 0 Å². The van der Waals surface area contributed by atoms with Crippen LogP contribution in [0.2, 0.25) is 0 Å². The molecule has 2 rings (SSSR count). The van der Waals surface area contributed by atoms with Crippen LogP contribution in [-0.4, -0.2) is 58.8 Å². The molecule has 0 bridgehead atoms. The number of rotatable bonds is 14. The van der Waals surface area contributed by atoms with E-state index in [1.165, 1.54) is 12.8 Å². The minimum Gasteiger partial charge on any atom is -0.444 e. The molecule has 8 heteroatoms. The summed E-state index contributed by atoms with van der Waals surface area (Å²) in [6, 6.07) is 3.78. The van der Waals surface area contributed by atoms with Crippen LogP contribution in [0.5, 0.6) is 0 Å².